The third-order valence-electron chi connectivity index (χ3n) is 3.79. The number of nitrogens with one attached hydrogen (secondary N) is 2. The number of hydrogen-bond donors (Lipinski definition) is 2. The van der Waals surface area contributed by atoms with E-state index in [1.165, 1.54) is 0 Å². The second-order valence-corrected chi connectivity index (χ2v) is 5.61. The smallest absolute Gasteiger partial charge is 0.314 e. The largest absolute Gasteiger partial charge is 0.455 e. The molecule has 0 unspecified atom stereocenters. The molecule has 0 spiro atoms. The number of amides is 2. The third kappa shape index (κ3) is 6.40. The van der Waals surface area contributed by atoms with Gasteiger partial charge in [0.25, 0.3) is 5.91 Å². The summed E-state index contributed by atoms with van der Waals surface area (Å²) in [7, 11) is 0. The van der Waals surface area contributed by atoms with E-state index in [0.29, 0.717) is 6.54 Å². The Balaban J connectivity index is 2.57. The number of rotatable bonds is 9. The molecule has 0 radical (unpaired) electrons. The van der Waals surface area contributed by atoms with E-state index in [0.717, 1.165) is 12.0 Å². The molecular formula is C18H26N2O4. The van der Waals surface area contributed by atoms with Gasteiger partial charge in [-0.2, -0.15) is 0 Å². The van der Waals surface area contributed by atoms with Crippen molar-refractivity contribution in [3.8, 4) is 0 Å². The Morgan fingerprint density at radius 3 is 2.29 bits per heavy atom. The Bertz CT molecular complexity index is 545. The van der Waals surface area contributed by atoms with Crippen LogP contribution in [0, 0.1) is 5.92 Å². The third-order valence-corrected chi connectivity index (χ3v) is 3.79. The lowest BCUT2D eigenvalue weighted by molar-refractivity contribution is -0.151. The van der Waals surface area contributed by atoms with Crippen molar-refractivity contribution in [3.63, 3.8) is 0 Å². The summed E-state index contributed by atoms with van der Waals surface area (Å²) in [4.78, 5) is 35.4. The van der Waals surface area contributed by atoms with Gasteiger partial charge < -0.3 is 15.4 Å². The van der Waals surface area contributed by atoms with Gasteiger partial charge in [-0.15, -0.1) is 0 Å². The Hall–Kier alpha value is -2.37. The Morgan fingerprint density at radius 1 is 1.04 bits per heavy atom. The standard InChI is InChI=1S/C18H26N2O4/c1-4-13(3)17(14-9-7-6-8-10-14)18(23)24-12-16(22)20-11-15(21)19-5-2/h6-10,13,17H,4-5,11-12H2,1-3H3,(H,19,21)(H,20,22)/t13-,17-/m1/s1. The van der Waals surface area contributed by atoms with E-state index in [-0.39, 0.29) is 18.4 Å². The van der Waals surface area contributed by atoms with Crippen molar-refractivity contribution in [1.82, 2.24) is 10.6 Å². The number of likely N-dealkylation sites (N-methyl/N-ethyl adjacent to an activating group) is 1. The second-order valence-electron chi connectivity index (χ2n) is 5.61. The summed E-state index contributed by atoms with van der Waals surface area (Å²) in [6.07, 6.45) is 0.818. The minimum absolute atomic E-state index is 0.0956. The van der Waals surface area contributed by atoms with Crippen molar-refractivity contribution in [1.29, 1.82) is 0 Å². The Morgan fingerprint density at radius 2 is 1.71 bits per heavy atom. The fraction of sp³-hybridized carbons (Fsp3) is 0.500. The maximum Gasteiger partial charge on any atom is 0.314 e. The summed E-state index contributed by atoms with van der Waals surface area (Å²) < 4.78 is 5.15. The molecule has 0 aliphatic heterocycles. The molecule has 0 bridgehead atoms. The Kier molecular flexibility index (Phi) is 8.54. The van der Waals surface area contributed by atoms with Crippen LogP contribution in [-0.2, 0) is 19.1 Å². The summed E-state index contributed by atoms with van der Waals surface area (Å²) >= 11 is 0. The number of carbonyl (C=O) groups is 3. The van der Waals surface area contributed by atoms with Gasteiger partial charge in [0.05, 0.1) is 12.5 Å². The zero-order chi connectivity index (χ0) is 17.9. The SMILES string of the molecule is CCNC(=O)CNC(=O)COC(=O)[C@@H](c1ccccc1)[C@H](C)CC. The average molecular weight is 334 g/mol. The highest BCUT2D eigenvalue weighted by Gasteiger charge is 2.27. The molecule has 1 aromatic rings. The van der Waals surface area contributed by atoms with Crippen LogP contribution in [0.25, 0.3) is 0 Å². The lowest BCUT2D eigenvalue weighted by atomic mass is 9.86. The lowest BCUT2D eigenvalue weighted by Gasteiger charge is -2.21. The average Bonchev–Trinajstić information content (AvgIpc) is 2.59. The van der Waals surface area contributed by atoms with Gasteiger partial charge in [-0.25, -0.2) is 0 Å². The topological polar surface area (TPSA) is 84.5 Å². The van der Waals surface area contributed by atoms with Crippen LogP contribution < -0.4 is 10.6 Å². The minimum atomic E-state index is -0.495. The molecule has 132 valence electrons. The van der Waals surface area contributed by atoms with Crippen LogP contribution in [0.4, 0.5) is 0 Å². The van der Waals surface area contributed by atoms with Crippen molar-refractivity contribution in [3.05, 3.63) is 35.9 Å². The molecule has 1 rings (SSSR count). The fourth-order valence-corrected chi connectivity index (χ4v) is 2.31. The van der Waals surface area contributed by atoms with E-state index in [4.69, 9.17) is 4.74 Å². The molecule has 2 amide bonds. The van der Waals surface area contributed by atoms with Gasteiger partial charge in [-0.1, -0.05) is 50.6 Å². The van der Waals surface area contributed by atoms with Gasteiger partial charge >= 0.3 is 5.97 Å². The molecule has 2 atom stereocenters. The first kappa shape index (κ1) is 19.7. The molecule has 0 saturated carbocycles. The second kappa shape index (κ2) is 10.4. The first-order valence-corrected chi connectivity index (χ1v) is 8.24. The van der Waals surface area contributed by atoms with Gasteiger partial charge in [0.2, 0.25) is 5.91 Å². The molecule has 0 saturated heterocycles. The van der Waals surface area contributed by atoms with Crippen molar-refractivity contribution < 1.29 is 19.1 Å². The van der Waals surface area contributed by atoms with Crippen LogP contribution in [0.5, 0.6) is 0 Å². The highest BCUT2D eigenvalue weighted by Crippen LogP contribution is 2.28. The van der Waals surface area contributed by atoms with Gasteiger partial charge in [0.15, 0.2) is 6.61 Å². The van der Waals surface area contributed by atoms with Crippen LogP contribution in [0.3, 0.4) is 0 Å². The molecule has 1 aromatic carbocycles. The van der Waals surface area contributed by atoms with Crippen LogP contribution >= 0.6 is 0 Å². The summed E-state index contributed by atoms with van der Waals surface area (Å²) in [5.41, 5.74) is 0.875. The highest BCUT2D eigenvalue weighted by molar-refractivity contribution is 5.87. The normalized spacial score (nSPS) is 12.8. The minimum Gasteiger partial charge on any atom is -0.455 e. The molecule has 0 aliphatic rings. The van der Waals surface area contributed by atoms with Gasteiger partial charge in [0.1, 0.15) is 0 Å². The Labute approximate surface area is 143 Å². The van der Waals surface area contributed by atoms with E-state index in [2.05, 4.69) is 10.6 Å². The number of carbonyl (C=O) groups excluding carboxylic acids is 3. The zero-order valence-corrected chi connectivity index (χ0v) is 14.5. The van der Waals surface area contributed by atoms with Crippen molar-refractivity contribution >= 4 is 17.8 Å². The number of ether oxygens (including phenoxy) is 1. The molecule has 0 aliphatic carbocycles. The maximum atomic E-state index is 12.4. The highest BCUT2D eigenvalue weighted by atomic mass is 16.5. The van der Waals surface area contributed by atoms with E-state index < -0.39 is 24.4 Å². The van der Waals surface area contributed by atoms with Crippen molar-refractivity contribution in [2.45, 2.75) is 33.1 Å². The van der Waals surface area contributed by atoms with E-state index in [1.54, 1.807) is 6.92 Å². The number of esters is 1. The fourth-order valence-electron chi connectivity index (χ4n) is 2.31. The van der Waals surface area contributed by atoms with Crippen LogP contribution in [0.15, 0.2) is 30.3 Å². The summed E-state index contributed by atoms with van der Waals surface area (Å²) in [6, 6.07) is 9.39. The molecule has 24 heavy (non-hydrogen) atoms. The first-order chi connectivity index (χ1) is 11.5. The van der Waals surface area contributed by atoms with E-state index >= 15 is 0 Å². The van der Waals surface area contributed by atoms with Crippen molar-refractivity contribution in [2.24, 2.45) is 5.92 Å². The molecule has 2 N–H and O–H groups in total. The predicted octanol–water partition coefficient (Wildman–Crippen LogP) is 1.61. The van der Waals surface area contributed by atoms with Crippen molar-refractivity contribution in [2.75, 3.05) is 19.7 Å². The molecule has 6 heteroatoms. The maximum absolute atomic E-state index is 12.4. The van der Waals surface area contributed by atoms with E-state index in [1.807, 2.05) is 44.2 Å². The molecular weight excluding hydrogens is 308 g/mol. The van der Waals surface area contributed by atoms with Crippen LogP contribution in [-0.4, -0.2) is 37.5 Å². The quantitative estimate of drug-likeness (QED) is 0.672. The molecule has 0 fully saturated rings. The van der Waals surface area contributed by atoms with Crippen LogP contribution in [0.2, 0.25) is 0 Å². The van der Waals surface area contributed by atoms with Crippen LogP contribution in [0.1, 0.15) is 38.7 Å². The van der Waals surface area contributed by atoms with Gasteiger partial charge in [-0.05, 0) is 18.4 Å². The lowest BCUT2D eigenvalue weighted by Crippen LogP contribution is -2.39. The summed E-state index contributed by atoms with van der Waals surface area (Å²) in [5, 5.41) is 4.98. The molecule has 6 nitrogen and oxygen atoms in total. The summed E-state index contributed by atoms with van der Waals surface area (Å²) in [5.74, 6) is -1.51. The molecule has 0 aromatic heterocycles. The predicted molar refractivity (Wildman–Crippen MR) is 91.3 cm³/mol. The molecule has 0 heterocycles. The first-order valence-electron chi connectivity index (χ1n) is 8.24. The number of benzene rings is 1. The van der Waals surface area contributed by atoms with Gasteiger partial charge in [-0.3, -0.25) is 14.4 Å². The monoisotopic (exact) mass is 334 g/mol. The number of hydrogen-bond acceptors (Lipinski definition) is 4. The van der Waals surface area contributed by atoms with E-state index in [9.17, 15) is 14.4 Å². The summed E-state index contributed by atoms with van der Waals surface area (Å²) in [6.45, 7) is 5.76. The zero-order valence-electron chi connectivity index (χ0n) is 14.5. The van der Waals surface area contributed by atoms with Gasteiger partial charge in [0, 0.05) is 6.54 Å².